The van der Waals surface area contributed by atoms with Gasteiger partial charge in [0, 0.05) is 23.9 Å². The van der Waals surface area contributed by atoms with E-state index in [4.69, 9.17) is 0 Å². The number of nitrogens with zero attached hydrogens (tertiary/aromatic N) is 3. The molecule has 1 amide bonds. The summed E-state index contributed by atoms with van der Waals surface area (Å²) in [5.74, 6) is 1.64. The van der Waals surface area contributed by atoms with Gasteiger partial charge in [0.25, 0.3) is 5.91 Å². The molecule has 0 bridgehead atoms. The second-order valence-corrected chi connectivity index (χ2v) is 5.92. The van der Waals surface area contributed by atoms with Gasteiger partial charge in [0.15, 0.2) is 0 Å². The molecule has 0 atom stereocenters. The van der Waals surface area contributed by atoms with Crippen LogP contribution in [0.25, 0.3) is 0 Å². The number of carbonyl (C=O) groups is 1. The molecule has 1 N–H and O–H groups in total. The Hall–Kier alpha value is -1.69. The lowest BCUT2D eigenvalue weighted by molar-refractivity contribution is 0.0952. The van der Waals surface area contributed by atoms with Crippen molar-refractivity contribution in [1.29, 1.82) is 0 Å². The van der Waals surface area contributed by atoms with Crippen LogP contribution in [0.5, 0.6) is 0 Å². The molecule has 1 aliphatic rings. The highest BCUT2D eigenvalue weighted by molar-refractivity contribution is 7.10. The second kappa shape index (κ2) is 5.13. The molecule has 2 aromatic heterocycles. The number of carbonyl (C=O) groups excluding carboxylic acids is 1. The highest BCUT2D eigenvalue weighted by Gasteiger charge is 2.28. The average Bonchev–Trinajstić information content (AvgIpc) is 2.98. The summed E-state index contributed by atoms with van der Waals surface area (Å²) in [6, 6.07) is 1.86. The molecule has 0 spiro atoms. The molecule has 0 aromatic carbocycles. The van der Waals surface area contributed by atoms with Crippen molar-refractivity contribution in [3.63, 3.8) is 0 Å². The van der Waals surface area contributed by atoms with Crippen LogP contribution < -0.4 is 5.32 Å². The maximum Gasteiger partial charge on any atom is 0.252 e. The Kier molecular flexibility index (Phi) is 3.33. The molecule has 100 valence electrons. The lowest BCUT2D eigenvalue weighted by Gasteiger charge is -2.07. The predicted molar refractivity (Wildman–Crippen MR) is 73.4 cm³/mol. The van der Waals surface area contributed by atoms with Crippen LogP contribution in [0.2, 0.25) is 0 Å². The van der Waals surface area contributed by atoms with Crippen LogP contribution in [0.4, 0.5) is 0 Å². The minimum Gasteiger partial charge on any atom is -0.350 e. The number of aromatic nitrogens is 3. The van der Waals surface area contributed by atoms with E-state index >= 15 is 0 Å². The summed E-state index contributed by atoms with van der Waals surface area (Å²) in [7, 11) is 0. The van der Waals surface area contributed by atoms with Gasteiger partial charge in [-0.15, -0.1) is 21.5 Å². The summed E-state index contributed by atoms with van der Waals surface area (Å²) in [5, 5.41) is 13.0. The van der Waals surface area contributed by atoms with Gasteiger partial charge in [-0.1, -0.05) is 0 Å². The highest BCUT2D eigenvalue weighted by atomic mass is 32.1. The molecule has 2 aromatic rings. The van der Waals surface area contributed by atoms with E-state index in [1.54, 1.807) is 17.7 Å². The standard InChI is InChI=1S/C13H16N4OS/c1-9-11(4-7-19-9)13(18)14-5-6-17-8-15-16-12(17)10-2-3-10/h4,7-8,10H,2-3,5-6H2,1H3,(H,14,18). The van der Waals surface area contributed by atoms with Crippen molar-refractivity contribution in [2.75, 3.05) is 6.54 Å². The predicted octanol–water partition coefficient (Wildman–Crippen LogP) is 1.96. The largest absolute Gasteiger partial charge is 0.350 e. The zero-order valence-corrected chi connectivity index (χ0v) is 11.6. The quantitative estimate of drug-likeness (QED) is 0.908. The number of thiophene rings is 1. The number of hydrogen-bond donors (Lipinski definition) is 1. The van der Waals surface area contributed by atoms with Gasteiger partial charge in [0.1, 0.15) is 12.2 Å². The van der Waals surface area contributed by atoms with Crippen molar-refractivity contribution < 1.29 is 4.79 Å². The number of aryl methyl sites for hydroxylation is 1. The van der Waals surface area contributed by atoms with Gasteiger partial charge in [-0.2, -0.15) is 0 Å². The number of amides is 1. The first kappa shape index (κ1) is 12.3. The van der Waals surface area contributed by atoms with Crippen molar-refractivity contribution in [2.24, 2.45) is 0 Å². The number of hydrogen-bond acceptors (Lipinski definition) is 4. The van der Waals surface area contributed by atoms with E-state index in [-0.39, 0.29) is 5.91 Å². The first-order valence-electron chi connectivity index (χ1n) is 6.45. The molecule has 0 radical (unpaired) electrons. The average molecular weight is 276 g/mol. The van der Waals surface area contributed by atoms with Gasteiger partial charge < -0.3 is 9.88 Å². The van der Waals surface area contributed by atoms with Crippen molar-refractivity contribution >= 4 is 17.2 Å². The van der Waals surface area contributed by atoms with E-state index < -0.39 is 0 Å². The number of nitrogens with one attached hydrogen (secondary N) is 1. The lowest BCUT2D eigenvalue weighted by Crippen LogP contribution is -2.27. The van der Waals surface area contributed by atoms with Crippen LogP contribution in [-0.2, 0) is 6.54 Å². The van der Waals surface area contributed by atoms with Gasteiger partial charge in [-0.25, -0.2) is 0 Å². The molecule has 2 heterocycles. The summed E-state index contributed by atoms with van der Waals surface area (Å²) < 4.78 is 2.04. The maximum absolute atomic E-state index is 11.9. The molecule has 1 fully saturated rings. The fourth-order valence-corrected chi connectivity index (χ4v) is 2.80. The van der Waals surface area contributed by atoms with Gasteiger partial charge in [-0.05, 0) is 31.2 Å². The van der Waals surface area contributed by atoms with E-state index in [1.165, 1.54) is 12.8 Å². The Balaban J connectivity index is 1.54. The Morgan fingerprint density at radius 2 is 2.42 bits per heavy atom. The third-order valence-corrected chi connectivity index (χ3v) is 4.18. The molecule has 5 nitrogen and oxygen atoms in total. The summed E-state index contributed by atoms with van der Waals surface area (Å²) >= 11 is 1.59. The molecule has 3 rings (SSSR count). The fourth-order valence-electron chi connectivity index (χ4n) is 2.10. The molecule has 1 aliphatic carbocycles. The van der Waals surface area contributed by atoms with Crippen molar-refractivity contribution in [2.45, 2.75) is 32.2 Å². The van der Waals surface area contributed by atoms with Crippen molar-refractivity contribution in [1.82, 2.24) is 20.1 Å². The SMILES string of the molecule is Cc1sccc1C(=O)NCCn1cnnc1C1CC1. The van der Waals surface area contributed by atoms with Crippen LogP contribution in [0, 0.1) is 6.92 Å². The Morgan fingerprint density at radius 1 is 1.58 bits per heavy atom. The Morgan fingerprint density at radius 3 is 3.11 bits per heavy atom. The third-order valence-electron chi connectivity index (χ3n) is 3.33. The van der Waals surface area contributed by atoms with Gasteiger partial charge in [-0.3, -0.25) is 4.79 Å². The maximum atomic E-state index is 11.9. The molecule has 0 aliphatic heterocycles. The van der Waals surface area contributed by atoms with Crippen molar-refractivity contribution in [3.8, 4) is 0 Å². The molecule has 19 heavy (non-hydrogen) atoms. The van der Waals surface area contributed by atoms with Crippen molar-refractivity contribution in [3.05, 3.63) is 34.0 Å². The lowest BCUT2D eigenvalue weighted by atomic mass is 10.2. The van der Waals surface area contributed by atoms with E-state index in [0.29, 0.717) is 12.5 Å². The zero-order valence-electron chi connectivity index (χ0n) is 10.8. The van der Waals surface area contributed by atoms with Crippen LogP contribution in [0.1, 0.15) is 39.8 Å². The first-order chi connectivity index (χ1) is 9.25. The van der Waals surface area contributed by atoms with Gasteiger partial charge >= 0.3 is 0 Å². The second-order valence-electron chi connectivity index (χ2n) is 4.80. The Labute approximate surface area is 115 Å². The smallest absolute Gasteiger partial charge is 0.252 e. The highest BCUT2D eigenvalue weighted by Crippen LogP contribution is 2.38. The summed E-state index contributed by atoms with van der Waals surface area (Å²) in [6.07, 6.45) is 4.16. The topological polar surface area (TPSA) is 59.8 Å². The van der Waals surface area contributed by atoms with Crippen LogP contribution in [0.3, 0.4) is 0 Å². The zero-order chi connectivity index (χ0) is 13.2. The van der Waals surface area contributed by atoms with Gasteiger partial charge in [0.2, 0.25) is 0 Å². The summed E-state index contributed by atoms with van der Waals surface area (Å²) in [4.78, 5) is 13.0. The van der Waals surface area contributed by atoms with Crippen LogP contribution >= 0.6 is 11.3 Å². The molecular weight excluding hydrogens is 260 g/mol. The molecule has 0 unspecified atom stereocenters. The summed E-state index contributed by atoms with van der Waals surface area (Å²) in [6.45, 7) is 3.30. The fraction of sp³-hybridized carbons (Fsp3) is 0.462. The van der Waals surface area contributed by atoms with E-state index in [0.717, 1.165) is 22.8 Å². The molecule has 6 heteroatoms. The monoisotopic (exact) mass is 276 g/mol. The first-order valence-corrected chi connectivity index (χ1v) is 7.33. The molecule has 0 saturated heterocycles. The summed E-state index contributed by atoms with van der Waals surface area (Å²) in [5.41, 5.74) is 0.774. The minimum atomic E-state index is -0.000188. The van der Waals surface area contributed by atoms with Crippen LogP contribution in [0.15, 0.2) is 17.8 Å². The van der Waals surface area contributed by atoms with E-state index in [2.05, 4.69) is 15.5 Å². The number of rotatable bonds is 5. The molecule has 1 saturated carbocycles. The third kappa shape index (κ3) is 2.68. The molecular formula is C13H16N4OS. The minimum absolute atomic E-state index is 0.000188. The van der Waals surface area contributed by atoms with Crippen LogP contribution in [-0.4, -0.2) is 27.2 Å². The van der Waals surface area contributed by atoms with E-state index in [1.807, 2.05) is 22.9 Å². The Bertz CT molecular complexity index is 585. The van der Waals surface area contributed by atoms with E-state index in [9.17, 15) is 4.79 Å². The van der Waals surface area contributed by atoms with Gasteiger partial charge in [0.05, 0.1) is 5.56 Å². The normalized spacial score (nSPS) is 14.6.